The highest BCUT2D eigenvalue weighted by molar-refractivity contribution is 5.90. The second-order valence-corrected chi connectivity index (χ2v) is 9.30. The molecule has 0 aliphatic carbocycles. The Labute approximate surface area is 209 Å². The van der Waals surface area contributed by atoms with E-state index in [0.29, 0.717) is 49.6 Å². The summed E-state index contributed by atoms with van der Waals surface area (Å²) in [6.07, 6.45) is 9.87. The minimum Gasteiger partial charge on any atom is -0.386 e. The summed E-state index contributed by atoms with van der Waals surface area (Å²) in [4.78, 5) is 33.8. The Bertz CT molecular complexity index is 1320. The molecule has 5 rings (SSSR count). The van der Waals surface area contributed by atoms with Crippen molar-refractivity contribution in [2.24, 2.45) is 0 Å². The molecule has 1 aliphatic rings. The number of likely N-dealkylation sites (N-methyl/N-ethyl adjacent to an activating group) is 1. The van der Waals surface area contributed by atoms with E-state index in [1.165, 1.54) is 0 Å². The van der Waals surface area contributed by atoms with Gasteiger partial charge < -0.3 is 19.4 Å². The van der Waals surface area contributed by atoms with Crippen LogP contribution in [0.15, 0.2) is 59.6 Å². The van der Waals surface area contributed by atoms with Crippen LogP contribution in [0.1, 0.15) is 31.6 Å². The summed E-state index contributed by atoms with van der Waals surface area (Å²) in [5, 5.41) is 16.3. The maximum atomic E-state index is 12.8. The highest BCUT2D eigenvalue weighted by Crippen LogP contribution is 2.31. The Morgan fingerprint density at radius 1 is 1.19 bits per heavy atom. The molecule has 0 spiro atoms. The molecule has 0 radical (unpaired) electrons. The van der Waals surface area contributed by atoms with Crippen molar-refractivity contribution in [2.75, 3.05) is 31.6 Å². The fraction of sp³-hybridized carbons (Fsp3) is 0.385. The summed E-state index contributed by atoms with van der Waals surface area (Å²) in [7, 11) is 1.75. The zero-order chi connectivity index (χ0) is 25.0. The van der Waals surface area contributed by atoms with Crippen LogP contribution < -0.4 is 4.90 Å². The lowest BCUT2D eigenvalue weighted by atomic mass is 9.91. The Balaban J connectivity index is 1.15. The zero-order valence-electron chi connectivity index (χ0n) is 20.2. The number of fused-ring (bicyclic) bond motifs is 1. The molecule has 36 heavy (non-hydrogen) atoms. The van der Waals surface area contributed by atoms with Crippen LogP contribution in [-0.4, -0.2) is 73.3 Å². The van der Waals surface area contributed by atoms with E-state index in [1.807, 2.05) is 36.5 Å². The fourth-order valence-corrected chi connectivity index (χ4v) is 4.76. The zero-order valence-corrected chi connectivity index (χ0v) is 20.2. The molecule has 186 valence electrons. The van der Waals surface area contributed by atoms with Crippen molar-refractivity contribution in [1.29, 1.82) is 0 Å². The SMILES string of the molecule is CN(CC1(O)CCCN(c2ccnc3ccncc23)C1)C(=O)CCCc1nc(-c2ccccn2)no1. The number of hydrogen-bond donors (Lipinski definition) is 1. The summed E-state index contributed by atoms with van der Waals surface area (Å²) in [6.45, 7) is 1.55. The van der Waals surface area contributed by atoms with Crippen LogP contribution in [0.5, 0.6) is 0 Å². The summed E-state index contributed by atoms with van der Waals surface area (Å²) in [5.74, 6) is 0.895. The first kappa shape index (κ1) is 23.8. The Morgan fingerprint density at radius 3 is 2.97 bits per heavy atom. The van der Waals surface area contributed by atoms with E-state index in [0.717, 1.165) is 29.6 Å². The molecule has 1 atom stereocenters. The maximum Gasteiger partial charge on any atom is 0.227 e. The van der Waals surface area contributed by atoms with Gasteiger partial charge in [0.05, 0.1) is 17.7 Å². The van der Waals surface area contributed by atoms with Crippen molar-refractivity contribution in [3.63, 3.8) is 0 Å². The number of carbonyl (C=O) groups excluding carboxylic acids is 1. The highest BCUT2D eigenvalue weighted by atomic mass is 16.5. The molecule has 1 amide bonds. The molecule has 0 saturated carbocycles. The minimum absolute atomic E-state index is 0.0245. The largest absolute Gasteiger partial charge is 0.386 e. The van der Waals surface area contributed by atoms with E-state index in [4.69, 9.17) is 4.52 Å². The van der Waals surface area contributed by atoms with Gasteiger partial charge in [0.25, 0.3) is 0 Å². The van der Waals surface area contributed by atoms with Crippen LogP contribution >= 0.6 is 0 Å². The second-order valence-electron chi connectivity index (χ2n) is 9.30. The van der Waals surface area contributed by atoms with E-state index in [2.05, 4.69) is 30.0 Å². The van der Waals surface area contributed by atoms with Crippen molar-refractivity contribution in [3.8, 4) is 11.5 Å². The van der Waals surface area contributed by atoms with E-state index in [1.54, 1.807) is 30.5 Å². The van der Waals surface area contributed by atoms with Crippen LogP contribution in [0.3, 0.4) is 0 Å². The number of nitrogens with zero attached hydrogens (tertiary/aromatic N) is 7. The lowest BCUT2D eigenvalue weighted by Gasteiger charge is -2.42. The quantitative estimate of drug-likeness (QED) is 0.400. The number of piperidine rings is 1. The van der Waals surface area contributed by atoms with Crippen LogP contribution in [0.2, 0.25) is 0 Å². The first-order chi connectivity index (χ1) is 17.5. The molecule has 1 fully saturated rings. The van der Waals surface area contributed by atoms with Gasteiger partial charge in [-0.15, -0.1) is 0 Å². The Hall–Kier alpha value is -3.92. The lowest BCUT2D eigenvalue weighted by Crippen LogP contribution is -2.54. The number of pyridine rings is 3. The predicted molar refractivity (Wildman–Crippen MR) is 134 cm³/mol. The number of β-amino-alcohol motifs (C(OH)–C–C–N with tert-alkyl or cyclic N) is 1. The number of aryl methyl sites for hydroxylation is 1. The first-order valence-electron chi connectivity index (χ1n) is 12.1. The topological polar surface area (TPSA) is 121 Å². The molecule has 4 aromatic heterocycles. The summed E-state index contributed by atoms with van der Waals surface area (Å²) in [5.41, 5.74) is 1.53. The molecule has 5 heterocycles. The third-order valence-electron chi connectivity index (χ3n) is 6.52. The number of anilines is 1. The number of amides is 1. The maximum absolute atomic E-state index is 12.8. The molecular weight excluding hydrogens is 458 g/mol. The van der Waals surface area contributed by atoms with E-state index in [-0.39, 0.29) is 12.5 Å². The van der Waals surface area contributed by atoms with Crippen LogP contribution in [0, 0.1) is 0 Å². The van der Waals surface area contributed by atoms with Gasteiger partial charge in [-0.05, 0) is 43.5 Å². The van der Waals surface area contributed by atoms with Gasteiger partial charge in [0.15, 0.2) is 0 Å². The third kappa shape index (κ3) is 5.33. The molecule has 1 aliphatic heterocycles. The normalized spacial score (nSPS) is 17.9. The average Bonchev–Trinajstić information content (AvgIpc) is 3.37. The van der Waals surface area contributed by atoms with Gasteiger partial charge in [-0.1, -0.05) is 11.2 Å². The number of rotatable bonds is 8. The van der Waals surface area contributed by atoms with Gasteiger partial charge in [-0.2, -0.15) is 4.98 Å². The molecule has 1 saturated heterocycles. The standard InChI is InChI=1S/C26H29N7O3/c1-32(24(34)8-4-7-23-30-25(31-36-23)21-6-2-3-12-28-21)17-26(35)11-5-15-33(18-26)22-10-14-29-20-9-13-27-16-19(20)22/h2-3,6,9-10,12-14,16,35H,4-5,7-8,11,15,17-18H2,1H3. The Morgan fingerprint density at radius 2 is 2.11 bits per heavy atom. The number of aromatic nitrogens is 5. The first-order valence-corrected chi connectivity index (χ1v) is 12.1. The molecule has 1 N–H and O–H groups in total. The van der Waals surface area contributed by atoms with Gasteiger partial charge in [0, 0.05) is 68.8 Å². The number of hydrogen-bond acceptors (Lipinski definition) is 9. The monoisotopic (exact) mass is 487 g/mol. The highest BCUT2D eigenvalue weighted by Gasteiger charge is 2.36. The smallest absolute Gasteiger partial charge is 0.227 e. The summed E-state index contributed by atoms with van der Waals surface area (Å²) < 4.78 is 5.30. The second kappa shape index (κ2) is 10.4. The fourth-order valence-electron chi connectivity index (χ4n) is 4.76. The molecule has 0 bridgehead atoms. The van der Waals surface area contributed by atoms with Crippen molar-refractivity contribution >= 4 is 22.5 Å². The van der Waals surface area contributed by atoms with Crippen LogP contribution in [0.4, 0.5) is 5.69 Å². The van der Waals surface area contributed by atoms with Crippen molar-refractivity contribution < 1.29 is 14.4 Å². The van der Waals surface area contributed by atoms with Crippen molar-refractivity contribution in [3.05, 3.63) is 61.0 Å². The van der Waals surface area contributed by atoms with Gasteiger partial charge in [0.2, 0.25) is 17.6 Å². The molecule has 4 aromatic rings. The summed E-state index contributed by atoms with van der Waals surface area (Å²) in [6, 6.07) is 9.35. The van der Waals surface area contributed by atoms with Crippen LogP contribution in [0.25, 0.3) is 22.4 Å². The lowest BCUT2D eigenvalue weighted by molar-refractivity contribution is -0.133. The molecule has 10 heteroatoms. The molecule has 1 unspecified atom stereocenters. The number of carbonyl (C=O) groups is 1. The predicted octanol–water partition coefficient (Wildman–Crippen LogP) is 2.89. The van der Waals surface area contributed by atoms with E-state index < -0.39 is 5.60 Å². The van der Waals surface area contributed by atoms with E-state index >= 15 is 0 Å². The van der Waals surface area contributed by atoms with Gasteiger partial charge in [-0.25, -0.2) is 0 Å². The van der Waals surface area contributed by atoms with Crippen molar-refractivity contribution in [2.45, 2.75) is 37.7 Å². The van der Waals surface area contributed by atoms with Gasteiger partial charge >= 0.3 is 0 Å². The Kier molecular flexibility index (Phi) is 6.86. The molecular formula is C26H29N7O3. The molecule has 10 nitrogen and oxygen atoms in total. The summed E-state index contributed by atoms with van der Waals surface area (Å²) >= 11 is 0. The van der Waals surface area contributed by atoms with Gasteiger partial charge in [-0.3, -0.25) is 19.7 Å². The minimum atomic E-state index is -0.996. The third-order valence-corrected chi connectivity index (χ3v) is 6.52. The number of aliphatic hydroxyl groups is 1. The van der Waals surface area contributed by atoms with Crippen LogP contribution in [-0.2, 0) is 11.2 Å². The molecule has 0 aromatic carbocycles. The van der Waals surface area contributed by atoms with Gasteiger partial charge in [0.1, 0.15) is 5.69 Å². The van der Waals surface area contributed by atoms with E-state index in [9.17, 15) is 9.90 Å². The van der Waals surface area contributed by atoms with Crippen molar-refractivity contribution in [1.82, 2.24) is 30.0 Å². The average molecular weight is 488 g/mol.